The number of amidine groups is 1. The Morgan fingerprint density at radius 1 is 1.27 bits per heavy atom. The third-order valence-corrected chi connectivity index (χ3v) is 5.88. The number of amides is 1. The first-order valence-corrected chi connectivity index (χ1v) is 10.8. The third kappa shape index (κ3) is 4.72. The number of nitrogen functional groups attached to an aromatic ring is 1. The number of phenolic OH excluding ortho intramolecular Hbond substituents is 1. The summed E-state index contributed by atoms with van der Waals surface area (Å²) in [7, 11) is 0. The molecule has 0 unspecified atom stereocenters. The second kappa shape index (κ2) is 9.26. The lowest BCUT2D eigenvalue weighted by Gasteiger charge is -2.22. The summed E-state index contributed by atoms with van der Waals surface area (Å²) < 4.78 is 1.46. The van der Waals surface area contributed by atoms with Crippen molar-refractivity contribution < 1.29 is 15.0 Å². The first-order chi connectivity index (χ1) is 15.8. The van der Waals surface area contributed by atoms with E-state index in [0.29, 0.717) is 41.5 Å². The van der Waals surface area contributed by atoms with E-state index < -0.39 is 0 Å². The first kappa shape index (κ1) is 22.8. The van der Waals surface area contributed by atoms with Crippen LogP contribution in [0.2, 0.25) is 10.0 Å². The molecule has 3 aromatic rings. The predicted molar refractivity (Wildman–Crippen MR) is 125 cm³/mol. The molecular weight excluding hydrogens is 469 g/mol. The zero-order valence-corrected chi connectivity index (χ0v) is 18.8. The number of aliphatic hydroxyl groups excluding tert-OH is 1. The van der Waals surface area contributed by atoms with Gasteiger partial charge in [0.25, 0.3) is 5.91 Å². The fourth-order valence-electron chi connectivity index (χ4n) is 3.72. The smallest absolute Gasteiger partial charge is 0.253 e. The molecule has 2 aromatic carbocycles. The normalized spacial score (nSPS) is 15.6. The highest BCUT2D eigenvalue weighted by atomic mass is 35.5. The molecule has 0 aliphatic carbocycles. The molecule has 0 spiro atoms. The van der Waals surface area contributed by atoms with Gasteiger partial charge in [-0.1, -0.05) is 23.2 Å². The Labute approximate surface area is 199 Å². The maximum absolute atomic E-state index is 12.8. The maximum Gasteiger partial charge on any atom is 0.253 e. The second-order valence-electron chi connectivity index (χ2n) is 7.57. The van der Waals surface area contributed by atoms with Crippen LogP contribution in [0.3, 0.4) is 0 Å². The van der Waals surface area contributed by atoms with Gasteiger partial charge in [0.2, 0.25) is 0 Å². The van der Waals surface area contributed by atoms with Gasteiger partial charge in [-0.3, -0.25) is 10.2 Å². The molecule has 172 valence electrons. The van der Waals surface area contributed by atoms with Crippen LogP contribution in [-0.4, -0.2) is 55.9 Å². The summed E-state index contributed by atoms with van der Waals surface area (Å²) in [6, 6.07) is 7.74. The van der Waals surface area contributed by atoms with E-state index in [9.17, 15) is 9.90 Å². The molecule has 0 bridgehead atoms. The Balaban J connectivity index is 1.46. The Morgan fingerprint density at radius 2 is 2.06 bits per heavy atom. The number of aromatic nitrogens is 3. The summed E-state index contributed by atoms with van der Waals surface area (Å²) in [5.74, 6) is -0.445. The van der Waals surface area contributed by atoms with Crippen LogP contribution in [0.4, 0.5) is 5.69 Å². The lowest BCUT2D eigenvalue weighted by Crippen LogP contribution is -2.37. The molecule has 4 rings (SSSR count). The number of nitrogens with one attached hydrogen (secondary N) is 2. The number of aliphatic hydroxyl groups is 1. The Kier molecular flexibility index (Phi) is 6.41. The van der Waals surface area contributed by atoms with Crippen molar-refractivity contribution in [2.45, 2.75) is 19.1 Å². The van der Waals surface area contributed by atoms with E-state index in [4.69, 9.17) is 39.5 Å². The van der Waals surface area contributed by atoms with Gasteiger partial charge in [0.15, 0.2) is 5.82 Å². The van der Waals surface area contributed by atoms with E-state index in [2.05, 4.69) is 15.4 Å². The third-order valence-electron chi connectivity index (χ3n) is 5.35. The number of nitrogens with zero attached hydrogens (tertiary/aromatic N) is 4. The van der Waals surface area contributed by atoms with Crippen LogP contribution in [0.25, 0.3) is 5.69 Å². The van der Waals surface area contributed by atoms with Gasteiger partial charge >= 0.3 is 0 Å². The fraction of sp³-hybridized carbons (Fsp3) is 0.238. The maximum atomic E-state index is 12.8. The number of hydrogen-bond acceptors (Lipinski definition) is 7. The average Bonchev–Trinajstić information content (AvgIpc) is 3.44. The zero-order chi connectivity index (χ0) is 23.7. The Bertz CT molecular complexity index is 1230. The van der Waals surface area contributed by atoms with E-state index in [1.54, 1.807) is 24.3 Å². The highest BCUT2D eigenvalue weighted by Crippen LogP contribution is 2.36. The summed E-state index contributed by atoms with van der Waals surface area (Å²) in [6.45, 7) is 0.737. The fourth-order valence-corrected chi connectivity index (χ4v) is 4.19. The highest BCUT2D eigenvalue weighted by molar-refractivity contribution is 6.34. The number of anilines is 1. The molecule has 1 saturated heterocycles. The summed E-state index contributed by atoms with van der Waals surface area (Å²) in [6.07, 6.45) is 2.10. The molecule has 6 N–H and O–H groups in total. The van der Waals surface area contributed by atoms with Gasteiger partial charge < -0.3 is 26.2 Å². The van der Waals surface area contributed by atoms with Crippen LogP contribution in [-0.2, 0) is 6.61 Å². The van der Waals surface area contributed by atoms with Crippen molar-refractivity contribution in [2.24, 2.45) is 5.73 Å². The number of carbonyl (C=O) groups is 1. The van der Waals surface area contributed by atoms with Crippen molar-refractivity contribution in [1.29, 1.82) is 5.41 Å². The van der Waals surface area contributed by atoms with E-state index in [-0.39, 0.29) is 46.6 Å². The molecule has 10 nitrogen and oxygen atoms in total. The molecule has 33 heavy (non-hydrogen) atoms. The number of carbonyl (C=O) groups excluding carboxylic acids is 1. The molecule has 0 radical (unpaired) electrons. The number of hydrogen-bond donors (Lipinski definition) is 5. The highest BCUT2D eigenvalue weighted by Gasteiger charge is 2.28. The lowest BCUT2D eigenvalue weighted by atomic mass is 10.1. The molecule has 1 aromatic heterocycles. The standard InChI is InChI=1S/C21H21Cl2N7O3/c22-11-5-15(20(24)25)19(32)17(6-11)29-4-3-12(8-29)27-21(33)14-2-1-13(7-16(14)23)30-10-26-18(9-31)28-30/h1-2,5-7,10,12,31-32H,3-4,8-9H2,(H3,24,25)(H,27,33)/t12-/m1/s1. The Hall–Kier alpha value is -3.34. The van der Waals surface area contributed by atoms with Gasteiger partial charge in [-0.25, -0.2) is 9.67 Å². The van der Waals surface area contributed by atoms with Gasteiger partial charge in [-0.2, -0.15) is 0 Å². The van der Waals surface area contributed by atoms with Crippen LogP contribution in [0.15, 0.2) is 36.7 Å². The molecule has 1 aliphatic heterocycles. The van der Waals surface area contributed by atoms with Gasteiger partial charge in [0, 0.05) is 24.2 Å². The number of nitrogens with two attached hydrogens (primary N) is 1. The van der Waals surface area contributed by atoms with Crippen molar-refractivity contribution in [2.75, 3.05) is 18.0 Å². The average molecular weight is 490 g/mol. The zero-order valence-electron chi connectivity index (χ0n) is 17.3. The van der Waals surface area contributed by atoms with Crippen molar-refractivity contribution in [1.82, 2.24) is 20.1 Å². The summed E-state index contributed by atoms with van der Waals surface area (Å²) >= 11 is 12.5. The van der Waals surface area contributed by atoms with Crippen LogP contribution in [0.1, 0.15) is 28.2 Å². The van der Waals surface area contributed by atoms with Crippen LogP contribution in [0, 0.1) is 5.41 Å². The Morgan fingerprint density at radius 3 is 2.73 bits per heavy atom. The molecule has 12 heteroatoms. The van der Waals surface area contributed by atoms with E-state index >= 15 is 0 Å². The minimum absolute atomic E-state index is 0.116. The first-order valence-electron chi connectivity index (χ1n) is 10.0. The van der Waals surface area contributed by atoms with Crippen molar-refractivity contribution in [3.63, 3.8) is 0 Å². The van der Waals surface area contributed by atoms with Gasteiger partial charge in [-0.15, -0.1) is 5.10 Å². The van der Waals surface area contributed by atoms with Gasteiger partial charge in [0.1, 0.15) is 24.5 Å². The van der Waals surface area contributed by atoms with E-state index in [1.807, 2.05) is 4.90 Å². The molecule has 1 atom stereocenters. The number of benzene rings is 2. The van der Waals surface area contributed by atoms with Gasteiger partial charge in [-0.05, 0) is 36.8 Å². The molecule has 1 amide bonds. The van der Waals surface area contributed by atoms with Crippen molar-refractivity contribution in [3.05, 3.63) is 63.7 Å². The number of rotatable bonds is 6. The topological polar surface area (TPSA) is 153 Å². The summed E-state index contributed by atoms with van der Waals surface area (Å²) in [4.78, 5) is 18.7. The lowest BCUT2D eigenvalue weighted by molar-refractivity contribution is 0.0940. The molecule has 1 fully saturated rings. The van der Waals surface area contributed by atoms with Crippen LogP contribution in [0.5, 0.6) is 5.75 Å². The molecule has 1 aliphatic rings. The van der Waals surface area contributed by atoms with Crippen molar-refractivity contribution >= 4 is 40.6 Å². The minimum atomic E-state index is -0.326. The predicted octanol–water partition coefficient (Wildman–Crippen LogP) is 2.06. The second-order valence-corrected chi connectivity index (χ2v) is 8.41. The number of aromatic hydroxyl groups is 1. The van der Waals surface area contributed by atoms with Crippen LogP contribution < -0.4 is 16.0 Å². The minimum Gasteiger partial charge on any atom is -0.505 e. The molecular formula is C21H21Cl2N7O3. The summed E-state index contributed by atoms with van der Waals surface area (Å²) in [5, 5.41) is 34.9. The molecule has 2 heterocycles. The van der Waals surface area contributed by atoms with Gasteiger partial charge in [0.05, 0.1) is 27.5 Å². The summed E-state index contributed by atoms with van der Waals surface area (Å²) in [5.41, 5.74) is 7.07. The number of halogens is 2. The monoisotopic (exact) mass is 489 g/mol. The van der Waals surface area contributed by atoms with E-state index in [0.717, 1.165) is 0 Å². The SMILES string of the molecule is N=C(N)c1cc(Cl)cc(N2CC[C@@H](NC(=O)c3ccc(-n4cnc(CO)n4)cc3Cl)C2)c1O. The quantitative estimate of drug-likeness (QED) is 0.262. The van der Waals surface area contributed by atoms with Crippen molar-refractivity contribution in [3.8, 4) is 11.4 Å². The van der Waals surface area contributed by atoms with E-state index in [1.165, 1.54) is 17.1 Å². The largest absolute Gasteiger partial charge is 0.505 e. The molecule has 0 saturated carbocycles. The van der Waals surface area contributed by atoms with Crippen LogP contribution >= 0.6 is 23.2 Å². The number of phenols is 1.